The maximum atomic E-state index is 12.9. The smallest absolute Gasteiger partial charge is 0.262 e. The minimum atomic E-state index is -3.69. The van der Waals surface area contributed by atoms with Gasteiger partial charge >= 0.3 is 0 Å². The lowest BCUT2D eigenvalue weighted by Crippen LogP contribution is -2.15. The van der Waals surface area contributed by atoms with Crippen molar-refractivity contribution in [3.63, 3.8) is 0 Å². The molecule has 0 atom stereocenters. The molecule has 0 saturated heterocycles. The maximum absolute atomic E-state index is 12.9. The molecular formula is C19H19NO3S. The summed E-state index contributed by atoms with van der Waals surface area (Å²) < 4.78 is 33.7. The second kappa shape index (κ2) is 6.17. The summed E-state index contributed by atoms with van der Waals surface area (Å²) in [5, 5.41) is 1.85. The predicted molar refractivity (Wildman–Crippen MR) is 97.2 cm³/mol. The zero-order valence-electron chi connectivity index (χ0n) is 13.8. The summed E-state index contributed by atoms with van der Waals surface area (Å²) in [7, 11) is -2.11. The lowest BCUT2D eigenvalue weighted by Gasteiger charge is -2.15. The van der Waals surface area contributed by atoms with Gasteiger partial charge in [0, 0.05) is 5.39 Å². The Morgan fingerprint density at radius 3 is 2.33 bits per heavy atom. The van der Waals surface area contributed by atoms with Gasteiger partial charge in [0.2, 0.25) is 0 Å². The van der Waals surface area contributed by atoms with E-state index in [-0.39, 0.29) is 4.90 Å². The van der Waals surface area contributed by atoms with E-state index in [4.69, 9.17) is 4.74 Å². The third kappa shape index (κ3) is 2.83. The van der Waals surface area contributed by atoms with Gasteiger partial charge in [-0.15, -0.1) is 0 Å². The van der Waals surface area contributed by atoms with Gasteiger partial charge in [-0.3, -0.25) is 4.72 Å². The Balaban J connectivity index is 2.07. The fraction of sp³-hybridized carbons (Fsp3) is 0.158. The Morgan fingerprint density at radius 1 is 0.875 bits per heavy atom. The lowest BCUT2D eigenvalue weighted by molar-refractivity contribution is 0.411. The van der Waals surface area contributed by atoms with Crippen molar-refractivity contribution in [2.75, 3.05) is 11.8 Å². The average molecular weight is 341 g/mol. The third-order valence-electron chi connectivity index (χ3n) is 4.23. The van der Waals surface area contributed by atoms with Crippen LogP contribution in [0.3, 0.4) is 0 Å². The van der Waals surface area contributed by atoms with Crippen LogP contribution in [0, 0.1) is 13.8 Å². The molecule has 4 nitrogen and oxygen atoms in total. The van der Waals surface area contributed by atoms with Crippen molar-refractivity contribution >= 4 is 26.5 Å². The van der Waals surface area contributed by atoms with E-state index in [1.807, 2.05) is 43.3 Å². The maximum Gasteiger partial charge on any atom is 0.262 e. The average Bonchev–Trinajstić information content (AvgIpc) is 2.57. The zero-order valence-corrected chi connectivity index (χ0v) is 14.6. The van der Waals surface area contributed by atoms with E-state index in [1.54, 1.807) is 32.2 Å². The molecule has 1 N–H and O–H groups in total. The zero-order chi connectivity index (χ0) is 17.3. The number of hydrogen-bond acceptors (Lipinski definition) is 3. The molecular weight excluding hydrogens is 322 g/mol. The topological polar surface area (TPSA) is 55.4 Å². The van der Waals surface area contributed by atoms with Crippen LogP contribution in [0.25, 0.3) is 10.8 Å². The van der Waals surface area contributed by atoms with E-state index >= 15 is 0 Å². The second-order valence-electron chi connectivity index (χ2n) is 5.65. The van der Waals surface area contributed by atoms with Crippen LogP contribution in [0.1, 0.15) is 11.1 Å². The molecule has 3 aromatic rings. The van der Waals surface area contributed by atoms with Crippen molar-refractivity contribution < 1.29 is 13.2 Å². The highest BCUT2D eigenvalue weighted by Gasteiger charge is 2.20. The minimum Gasteiger partial charge on any atom is -0.496 e. The molecule has 0 fully saturated rings. The Hall–Kier alpha value is -2.53. The first-order valence-corrected chi connectivity index (χ1v) is 9.07. The summed E-state index contributed by atoms with van der Waals surface area (Å²) in [6.07, 6.45) is 0. The standard InChI is InChI=1S/C19H19NO3S/c1-13-14(2)19(12-11-18(13)23-3)24(21,22)20-17-10-6-8-15-7-4-5-9-16(15)17/h4-12,20H,1-3H3. The number of hydrogen-bond donors (Lipinski definition) is 1. The Kier molecular flexibility index (Phi) is 4.20. The molecule has 0 spiro atoms. The number of benzene rings is 3. The van der Waals surface area contributed by atoms with Crippen molar-refractivity contribution in [2.45, 2.75) is 18.7 Å². The van der Waals surface area contributed by atoms with Crippen molar-refractivity contribution in [1.29, 1.82) is 0 Å². The molecule has 5 heteroatoms. The number of anilines is 1. The highest BCUT2D eigenvalue weighted by Crippen LogP contribution is 2.30. The first kappa shape index (κ1) is 16.3. The quantitative estimate of drug-likeness (QED) is 0.771. The number of rotatable bonds is 4. The van der Waals surface area contributed by atoms with Crippen LogP contribution < -0.4 is 9.46 Å². The number of ether oxygens (including phenoxy) is 1. The molecule has 0 heterocycles. The molecule has 0 aliphatic rings. The van der Waals surface area contributed by atoms with Crippen molar-refractivity contribution in [3.05, 3.63) is 65.7 Å². The molecule has 0 aromatic heterocycles. The van der Waals surface area contributed by atoms with E-state index in [0.717, 1.165) is 16.3 Å². The molecule has 0 aliphatic carbocycles. The van der Waals surface area contributed by atoms with Crippen LogP contribution in [0.2, 0.25) is 0 Å². The normalized spacial score (nSPS) is 11.5. The Bertz CT molecular complexity index is 1010. The number of nitrogens with one attached hydrogen (secondary N) is 1. The van der Waals surface area contributed by atoms with Crippen LogP contribution >= 0.6 is 0 Å². The molecule has 24 heavy (non-hydrogen) atoms. The fourth-order valence-corrected chi connectivity index (χ4v) is 4.18. The van der Waals surface area contributed by atoms with Crippen LogP contribution in [-0.2, 0) is 10.0 Å². The molecule has 0 bridgehead atoms. The Morgan fingerprint density at radius 2 is 1.58 bits per heavy atom. The molecule has 3 rings (SSSR count). The molecule has 0 aliphatic heterocycles. The fourth-order valence-electron chi connectivity index (χ4n) is 2.80. The number of fused-ring (bicyclic) bond motifs is 1. The monoisotopic (exact) mass is 341 g/mol. The van der Waals surface area contributed by atoms with Crippen molar-refractivity contribution in [3.8, 4) is 5.75 Å². The van der Waals surface area contributed by atoms with E-state index < -0.39 is 10.0 Å². The van der Waals surface area contributed by atoms with Gasteiger partial charge in [0.05, 0.1) is 17.7 Å². The van der Waals surface area contributed by atoms with Gasteiger partial charge in [-0.25, -0.2) is 8.42 Å². The molecule has 124 valence electrons. The number of sulfonamides is 1. The highest BCUT2D eigenvalue weighted by atomic mass is 32.2. The second-order valence-corrected chi connectivity index (χ2v) is 7.30. The summed E-state index contributed by atoms with van der Waals surface area (Å²) in [6.45, 7) is 3.64. The SMILES string of the molecule is COc1ccc(S(=O)(=O)Nc2cccc3ccccc23)c(C)c1C. The lowest BCUT2D eigenvalue weighted by atomic mass is 10.1. The summed E-state index contributed by atoms with van der Waals surface area (Å²) in [5.74, 6) is 0.677. The van der Waals surface area contributed by atoms with E-state index in [2.05, 4.69) is 4.72 Å². The van der Waals surface area contributed by atoms with Crippen LogP contribution in [0.4, 0.5) is 5.69 Å². The van der Waals surface area contributed by atoms with Crippen LogP contribution in [0.15, 0.2) is 59.5 Å². The van der Waals surface area contributed by atoms with E-state index in [1.165, 1.54) is 0 Å². The predicted octanol–water partition coefficient (Wildman–Crippen LogP) is 4.27. The summed E-state index contributed by atoms with van der Waals surface area (Å²) >= 11 is 0. The van der Waals surface area contributed by atoms with Crippen LogP contribution in [0.5, 0.6) is 5.75 Å². The third-order valence-corrected chi connectivity index (χ3v) is 5.74. The highest BCUT2D eigenvalue weighted by molar-refractivity contribution is 7.92. The van der Waals surface area contributed by atoms with Gasteiger partial charge in [-0.05, 0) is 48.6 Å². The summed E-state index contributed by atoms with van der Waals surface area (Å²) in [5.41, 5.74) is 2.07. The van der Waals surface area contributed by atoms with E-state index in [9.17, 15) is 8.42 Å². The molecule has 0 amide bonds. The summed E-state index contributed by atoms with van der Waals surface area (Å²) in [4.78, 5) is 0.258. The first-order valence-electron chi connectivity index (χ1n) is 7.59. The van der Waals surface area contributed by atoms with Gasteiger partial charge in [0.1, 0.15) is 5.75 Å². The largest absolute Gasteiger partial charge is 0.496 e. The molecule has 3 aromatic carbocycles. The van der Waals surface area contributed by atoms with Gasteiger partial charge in [-0.1, -0.05) is 36.4 Å². The van der Waals surface area contributed by atoms with Crippen molar-refractivity contribution in [1.82, 2.24) is 0 Å². The molecule has 0 unspecified atom stereocenters. The minimum absolute atomic E-state index is 0.258. The van der Waals surface area contributed by atoms with Crippen LogP contribution in [-0.4, -0.2) is 15.5 Å². The van der Waals surface area contributed by atoms with E-state index in [0.29, 0.717) is 17.0 Å². The summed E-state index contributed by atoms with van der Waals surface area (Å²) in [6, 6.07) is 16.5. The molecule has 0 radical (unpaired) electrons. The Labute approximate surface area is 142 Å². The van der Waals surface area contributed by atoms with Gasteiger partial charge < -0.3 is 4.74 Å². The molecule has 0 saturated carbocycles. The van der Waals surface area contributed by atoms with Crippen molar-refractivity contribution in [2.24, 2.45) is 0 Å². The first-order chi connectivity index (χ1) is 11.4. The van der Waals surface area contributed by atoms with Gasteiger partial charge in [-0.2, -0.15) is 0 Å². The van der Waals surface area contributed by atoms with Gasteiger partial charge in [0.15, 0.2) is 0 Å². The van der Waals surface area contributed by atoms with Gasteiger partial charge in [0.25, 0.3) is 10.0 Å². The number of methoxy groups -OCH3 is 1.